The van der Waals surface area contributed by atoms with Gasteiger partial charge in [-0.25, -0.2) is 9.78 Å². The Kier molecular flexibility index (Phi) is 4.84. The maximum atomic E-state index is 13.0. The van der Waals surface area contributed by atoms with E-state index in [1.54, 1.807) is 16.2 Å². The summed E-state index contributed by atoms with van der Waals surface area (Å²) < 4.78 is 5.47. The lowest BCUT2D eigenvalue weighted by Crippen LogP contribution is -2.42. The molecule has 3 heterocycles. The number of thiophene rings is 1. The van der Waals surface area contributed by atoms with Crippen LogP contribution in [0.1, 0.15) is 80.4 Å². The molecule has 7 heteroatoms. The highest BCUT2D eigenvalue weighted by atomic mass is 32.1. The van der Waals surface area contributed by atoms with Gasteiger partial charge in [-0.1, -0.05) is 6.08 Å². The highest BCUT2D eigenvalue weighted by Crippen LogP contribution is 2.54. The Morgan fingerprint density at radius 1 is 1.29 bits per heavy atom. The fourth-order valence-corrected chi connectivity index (χ4v) is 5.74. The van der Waals surface area contributed by atoms with E-state index >= 15 is 0 Å². The van der Waals surface area contributed by atoms with Crippen LogP contribution in [0.2, 0.25) is 0 Å². The number of rotatable bonds is 3. The van der Waals surface area contributed by atoms with E-state index in [4.69, 9.17) is 9.72 Å². The topological polar surface area (TPSA) is 75.3 Å². The van der Waals surface area contributed by atoms with Crippen molar-refractivity contribution in [2.45, 2.75) is 76.9 Å². The molecule has 164 valence electrons. The first-order valence-corrected chi connectivity index (χ1v) is 12.0. The SMILES string of the molecule is CC(C)(C)OC(=O)N1CCc2nc(C3(c4cc(C5=CCCC5)cs4)CC3)[nH]c(=O)c2C1. The van der Waals surface area contributed by atoms with Crippen molar-refractivity contribution in [2.24, 2.45) is 0 Å². The number of ether oxygens (including phenoxy) is 1. The van der Waals surface area contributed by atoms with Crippen molar-refractivity contribution in [1.82, 2.24) is 14.9 Å². The van der Waals surface area contributed by atoms with Crippen LogP contribution in [0, 0.1) is 0 Å². The second kappa shape index (κ2) is 7.33. The van der Waals surface area contributed by atoms with Crippen LogP contribution in [-0.4, -0.2) is 33.1 Å². The van der Waals surface area contributed by atoms with Crippen LogP contribution in [-0.2, 0) is 23.1 Å². The number of aromatic nitrogens is 2. The zero-order chi connectivity index (χ0) is 21.8. The first-order chi connectivity index (χ1) is 14.7. The molecule has 1 saturated carbocycles. The Bertz CT molecular complexity index is 1120. The number of carbonyl (C=O) groups is 1. The predicted octanol–water partition coefficient (Wildman–Crippen LogP) is 4.77. The summed E-state index contributed by atoms with van der Waals surface area (Å²) in [5, 5.41) is 2.25. The third-order valence-electron chi connectivity index (χ3n) is 6.41. The molecular formula is C24H29N3O3S. The van der Waals surface area contributed by atoms with E-state index in [0.29, 0.717) is 18.5 Å². The summed E-state index contributed by atoms with van der Waals surface area (Å²) in [4.78, 5) is 36.3. The third kappa shape index (κ3) is 3.84. The van der Waals surface area contributed by atoms with E-state index in [2.05, 4.69) is 22.5 Å². The van der Waals surface area contributed by atoms with Crippen molar-refractivity contribution in [3.05, 3.63) is 55.4 Å². The van der Waals surface area contributed by atoms with E-state index < -0.39 is 5.60 Å². The quantitative estimate of drug-likeness (QED) is 0.747. The van der Waals surface area contributed by atoms with Crippen molar-refractivity contribution >= 4 is 23.0 Å². The zero-order valence-corrected chi connectivity index (χ0v) is 19.2. The minimum absolute atomic E-state index is 0.130. The maximum Gasteiger partial charge on any atom is 0.410 e. The molecule has 6 nitrogen and oxygen atoms in total. The normalized spacial score (nSPS) is 19.7. The summed E-state index contributed by atoms with van der Waals surface area (Å²) in [7, 11) is 0. The number of carbonyl (C=O) groups excluding carboxylic acids is 1. The Morgan fingerprint density at radius 2 is 2.10 bits per heavy atom. The number of aromatic amines is 1. The van der Waals surface area contributed by atoms with Gasteiger partial charge in [0.15, 0.2) is 0 Å². The molecule has 0 spiro atoms. The molecule has 1 amide bonds. The van der Waals surface area contributed by atoms with Crippen molar-refractivity contribution in [3.63, 3.8) is 0 Å². The van der Waals surface area contributed by atoms with Crippen LogP contribution >= 0.6 is 11.3 Å². The summed E-state index contributed by atoms with van der Waals surface area (Å²) in [5.74, 6) is 0.788. The van der Waals surface area contributed by atoms with Gasteiger partial charge < -0.3 is 14.6 Å². The number of hydrogen-bond acceptors (Lipinski definition) is 5. The number of H-pyrrole nitrogens is 1. The van der Waals surface area contributed by atoms with Crippen molar-refractivity contribution < 1.29 is 9.53 Å². The van der Waals surface area contributed by atoms with Crippen LogP contribution in [0.3, 0.4) is 0 Å². The minimum Gasteiger partial charge on any atom is -0.444 e. The smallest absolute Gasteiger partial charge is 0.410 e. The summed E-state index contributed by atoms with van der Waals surface area (Å²) >= 11 is 1.78. The molecule has 5 rings (SSSR count). The van der Waals surface area contributed by atoms with Gasteiger partial charge >= 0.3 is 6.09 Å². The molecule has 1 aliphatic heterocycles. The van der Waals surface area contributed by atoms with E-state index in [9.17, 15) is 9.59 Å². The Balaban J connectivity index is 1.40. The lowest BCUT2D eigenvalue weighted by molar-refractivity contribution is 0.0221. The molecule has 3 aliphatic rings. The lowest BCUT2D eigenvalue weighted by Gasteiger charge is -2.30. The molecule has 0 radical (unpaired) electrons. The van der Waals surface area contributed by atoms with E-state index in [1.165, 1.54) is 28.9 Å². The van der Waals surface area contributed by atoms with Gasteiger partial charge in [0.05, 0.1) is 23.2 Å². The number of hydrogen-bond donors (Lipinski definition) is 1. The lowest BCUT2D eigenvalue weighted by atomic mass is 10.00. The van der Waals surface area contributed by atoms with E-state index in [-0.39, 0.29) is 23.6 Å². The molecule has 0 unspecified atom stereocenters. The molecule has 31 heavy (non-hydrogen) atoms. The summed E-state index contributed by atoms with van der Waals surface area (Å²) in [6, 6.07) is 2.30. The minimum atomic E-state index is -0.557. The molecule has 1 N–H and O–H groups in total. The van der Waals surface area contributed by atoms with Gasteiger partial charge in [-0.15, -0.1) is 11.3 Å². The third-order valence-corrected chi connectivity index (χ3v) is 7.54. The second-order valence-electron chi connectivity index (χ2n) is 9.90. The maximum absolute atomic E-state index is 13.0. The first kappa shape index (κ1) is 20.5. The molecule has 2 aromatic rings. The molecule has 0 aromatic carbocycles. The molecule has 0 saturated heterocycles. The van der Waals surface area contributed by atoms with E-state index in [1.807, 2.05) is 20.8 Å². The first-order valence-electron chi connectivity index (χ1n) is 11.1. The summed E-state index contributed by atoms with van der Waals surface area (Å²) in [5.41, 5.74) is 3.34. The number of fused-ring (bicyclic) bond motifs is 1. The van der Waals surface area contributed by atoms with Gasteiger partial charge in [0.1, 0.15) is 11.4 Å². The summed E-state index contributed by atoms with van der Waals surface area (Å²) in [6.07, 6.45) is 8.14. The molecule has 0 atom stereocenters. The zero-order valence-electron chi connectivity index (χ0n) is 18.4. The van der Waals surface area contributed by atoms with Gasteiger partial charge in [-0.3, -0.25) is 4.79 Å². The van der Waals surface area contributed by atoms with Crippen LogP contribution in [0.15, 0.2) is 22.3 Å². The van der Waals surface area contributed by atoms with Crippen LogP contribution < -0.4 is 5.56 Å². The standard InChI is InChI=1S/C24H29N3O3S/c1-23(2,3)30-22(29)27-11-8-18-17(13-27)20(28)26-21(25-18)24(9-10-24)19-12-16(14-31-19)15-6-4-5-7-15/h6,12,14H,4-5,7-11,13H2,1-3H3,(H,25,26,28). The largest absolute Gasteiger partial charge is 0.444 e. The Labute approximate surface area is 186 Å². The van der Waals surface area contributed by atoms with Gasteiger partial charge in [0.25, 0.3) is 5.56 Å². The van der Waals surface area contributed by atoms with Crippen molar-refractivity contribution in [2.75, 3.05) is 6.54 Å². The fourth-order valence-electron chi connectivity index (χ4n) is 4.55. The Hall–Kier alpha value is -2.41. The van der Waals surface area contributed by atoms with Crippen LogP contribution in [0.25, 0.3) is 5.57 Å². The van der Waals surface area contributed by atoms with Gasteiger partial charge in [0.2, 0.25) is 0 Å². The number of nitrogens with zero attached hydrogens (tertiary/aromatic N) is 2. The monoisotopic (exact) mass is 439 g/mol. The molecule has 2 aliphatic carbocycles. The van der Waals surface area contributed by atoms with Crippen LogP contribution in [0.4, 0.5) is 4.79 Å². The number of allylic oxidation sites excluding steroid dienone is 2. The second-order valence-corrected chi connectivity index (χ2v) is 10.8. The fraction of sp³-hybridized carbons (Fsp3) is 0.542. The van der Waals surface area contributed by atoms with Crippen molar-refractivity contribution in [1.29, 1.82) is 0 Å². The predicted molar refractivity (Wildman–Crippen MR) is 121 cm³/mol. The average molecular weight is 440 g/mol. The van der Waals surface area contributed by atoms with Crippen molar-refractivity contribution in [3.8, 4) is 0 Å². The summed E-state index contributed by atoms with van der Waals surface area (Å²) in [6.45, 7) is 6.30. The van der Waals surface area contributed by atoms with E-state index in [0.717, 1.165) is 30.8 Å². The Morgan fingerprint density at radius 3 is 2.77 bits per heavy atom. The molecular weight excluding hydrogens is 410 g/mol. The average Bonchev–Trinajstić information content (AvgIpc) is 3.12. The number of nitrogens with one attached hydrogen (secondary N) is 1. The molecule has 1 fully saturated rings. The highest BCUT2D eigenvalue weighted by molar-refractivity contribution is 7.10. The van der Waals surface area contributed by atoms with Gasteiger partial charge in [-0.2, -0.15) is 0 Å². The highest BCUT2D eigenvalue weighted by Gasteiger charge is 2.50. The van der Waals surface area contributed by atoms with Gasteiger partial charge in [0, 0.05) is 17.8 Å². The van der Waals surface area contributed by atoms with Gasteiger partial charge in [-0.05, 0) is 75.5 Å². The molecule has 2 aromatic heterocycles. The number of amides is 1. The molecule has 0 bridgehead atoms. The van der Waals surface area contributed by atoms with Crippen LogP contribution in [0.5, 0.6) is 0 Å².